The molecule has 0 bridgehead atoms. The van der Waals surface area contributed by atoms with E-state index in [1.807, 2.05) is 6.92 Å². The average molecular weight is 489 g/mol. The number of benzene rings is 2. The van der Waals surface area contributed by atoms with E-state index in [9.17, 15) is 18.8 Å². The summed E-state index contributed by atoms with van der Waals surface area (Å²) in [5.74, 6) is -0.691. The Balaban J connectivity index is 2.12. The number of carbonyl (C=O) groups is 2. The van der Waals surface area contributed by atoms with Crippen molar-refractivity contribution in [1.29, 1.82) is 0 Å². The first-order valence-electron chi connectivity index (χ1n) is 10.2. The number of rotatable bonds is 8. The Morgan fingerprint density at radius 3 is 2.58 bits per heavy atom. The zero-order chi connectivity index (χ0) is 24.0. The Morgan fingerprint density at radius 1 is 1.21 bits per heavy atom. The normalized spacial score (nSPS) is 12.1. The molecule has 0 radical (unpaired) electrons. The molecule has 1 heterocycles. The standard InChI is InChI=1S/C24H22ClFN2O4S/c1-3-11-27-22(30)14-28-23(13-20(29)15-7-9-16(32-2)10-8-15)33-21(24(28)31)12-17-18(25)5-4-6-19(17)26/h4-10,12-13H,3,11,14H2,1-2H3,(H,27,30)/b21-12-,23-13-. The Kier molecular flexibility index (Phi) is 8.19. The first kappa shape index (κ1) is 24.4. The lowest BCUT2D eigenvalue weighted by Gasteiger charge is -2.04. The third-order valence-corrected chi connectivity index (χ3v) is 6.10. The molecule has 172 valence electrons. The Bertz CT molecular complexity index is 1330. The van der Waals surface area contributed by atoms with Gasteiger partial charge in [-0.2, -0.15) is 0 Å². The number of hydrogen-bond donors (Lipinski definition) is 1. The van der Waals surface area contributed by atoms with E-state index in [1.165, 1.54) is 42.0 Å². The van der Waals surface area contributed by atoms with Crippen molar-refractivity contribution in [1.82, 2.24) is 9.88 Å². The van der Waals surface area contributed by atoms with Crippen LogP contribution in [0.4, 0.5) is 4.39 Å². The van der Waals surface area contributed by atoms with Gasteiger partial charge in [-0.3, -0.25) is 19.0 Å². The molecule has 0 saturated heterocycles. The highest BCUT2D eigenvalue weighted by atomic mass is 35.5. The topological polar surface area (TPSA) is 77.4 Å². The van der Waals surface area contributed by atoms with Crippen molar-refractivity contribution < 1.29 is 18.7 Å². The summed E-state index contributed by atoms with van der Waals surface area (Å²) in [6.45, 7) is 2.11. The Morgan fingerprint density at radius 2 is 1.94 bits per heavy atom. The number of nitrogens with one attached hydrogen (secondary N) is 1. The zero-order valence-corrected chi connectivity index (χ0v) is 19.6. The van der Waals surface area contributed by atoms with Gasteiger partial charge in [0.05, 0.1) is 16.7 Å². The monoisotopic (exact) mass is 488 g/mol. The first-order valence-corrected chi connectivity index (χ1v) is 11.4. The number of ketones is 1. The third kappa shape index (κ3) is 5.97. The van der Waals surface area contributed by atoms with Crippen molar-refractivity contribution in [3.05, 3.63) is 84.0 Å². The Hall–Kier alpha value is -3.23. The highest BCUT2D eigenvalue weighted by Crippen LogP contribution is 2.19. The van der Waals surface area contributed by atoms with Crippen molar-refractivity contribution in [2.75, 3.05) is 13.7 Å². The van der Waals surface area contributed by atoms with Crippen LogP contribution in [0.3, 0.4) is 0 Å². The number of methoxy groups -OCH3 is 1. The second-order valence-corrected chi connectivity index (χ2v) is 8.53. The minimum Gasteiger partial charge on any atom is -0.497 e. The van der Waals surface area contributed by atoms with Crippen LogP contribution >= 0.6 is 22.9 Å². The summed E-state index contributed by atoms with van der Waals surface area (Å²) in [6, 6.07) is 10.7. The molecule has 0 spiro atoms. The zero-order valence-electron chi connectivity index (χ0n) is 18.1. The van der Waals surface area contributed by atoms with Crippen molar-refractivity contribution in [3.63, 3.8) is 0 Å². The van der Waals surface area contributed by atoms with Gasteiger partial charge >= 0.3 is 0 Å². The van der Waals surface area contributed by atoms with Crippen molar-refractivity contribution in [2.24, 2.45) is 0 Å². The second kappa shape index (κ2) is 11.1. The van der Waals surface area contributed by atoms with Crippen LogP contribution in [-0.4, -0.2) is 29.9 Å². The molecule has 0 aliphatic heterocycles. The summed E-state index contributed by atoms with van der Waals surface area (Å²) < 4.78 is 21.0. The van der Waals surface area contributed by atoms with E-state index in [0.29, 0.717) is 17.9 Å². The fraction of sp³-hybridized carbons (Fsp3) is 0.208. The second-order valence-electron chi connectivity index (χ2n) is 7.06. The predicted molar refractivity (Wildman–Crippen MR) is 128 cm³/mol. The molecule has 3 aromatic rings. The summed E-state index contributed by atoms with van der Waals surface area (Å²) in [5.41, 5.74) is -0.0609. The van der Waals surface area contributed by atoms with Crippen LogP contribution in [-0.2, 0) is 11.3 Å². The number of amides is 1. The SMILES string of the molecule is CCCNC(=O)Cn1c(=O)/c(=C/c2c(F)cccc2Cl)s/c1=C\C(=O)c1ccc(OC)cc1. The molecule has 0 fully saturated rings. The minimum absolute atomic E-state index is 0.0631. The maximum absolute atomic E-state index is 14.3. The quantitative estimate of drug-likeness (QED) is 0.495. The summed E-state index contributed by atoms with van der Waals surface area (Å²) in [6.07, 6.45) is 3.37. The van der Waals surface area contributed by atoms with Gasteiger partial charge < -0.3 is 10.1 Å². The van der Waals surface area contributed by atoms with Gasteiger partial charge in [0.2, 0.25) is 5.91 Å². The molecule has 6 nitrogen and oxygen atoms in total. The molecule has 2 aromatic carbocycles. The predicted octanol–water partition coefficient (Wildman–Crippen LogP) is 2.73. The van der Waals surface area contributed by atoms with E-state index in [0.717, 1.165) is 17.8 Å². The maximum Gasteiger partial charge on any atom is 0.269 e. The third-order valence-electron chi connectivity index (χ3n) is 4.71. The molecule has 0 atom stereocenters. The number of halogens is 2. The molecule has 0 unspecified atom stereocenters. The molecule has 9 heteroatoms. The number of carbonyl (C=O) groups excluding carboxylic acids is 2. The summed E-state index contributed by atoms with van der Waals surface area (Å²) in [7, 11) is 1.52. The van der Waals surface area contributed by atoms with Gasteiger partial charge in [0.25, 0.3) is 5.56 Å². The lowest BCUT2D eigenvalue weighted by molar-refractivity contribution is -0.121. The van der Waals surface area contributed by atoms with Crippen LogP contribution in [0.25, 0.3) is 12.2 Å². The maximum atomic E-state index is 14.3. The van der Waals surface area contributed by atoms with Crippen molar-refractivity contribution >= 4 is 46.8 Å². The Labute approximate surface area is 198 Å². The van der Waals surface area contributed by atoms with Gasteiger partial charge in [0, 0.05) is 23.7 Å². The molecule has 1 amide bonds. The first-order chi connectivity index (χ1) is 15.8. The lowest BCUT2D eigenvalue weighted by atomic mass is 10.1. The summed E-state index contributed by atoms with van der Waals surface area (Å²) in [5, 5.41) is 2.86. The molecule has 0 aliphatic rings. The largest absolute Gasteiger partial charge is 0.497 e. The number of nitrogens with zero attached hydrogens (tertiary/aromatic N) is 1. The van der Waals surface area contributed by atoms with Gasteiger partial charge in [-0.15, -0.1) is 11.3 Å². The van der Waals surface area contributed by atoms with Crippen molar-refractivity contribution in [2.45, 2.75) is 19.9 Å². The van der Waals surface area contributed by atoms with E-state index in [2.05, 4.69) is 5.32 Å². The molecule has 3 rings (SSSR count). The molecule has 1 N–H and O–H groups in total. The number of hydrogen-bond acceptors (Lipinski definition) is 5. The van der Waals surface area contributed by atoms with Crippen LogP contribution < -0.4 is 24.8 Å². The smallest absolute Gasteiger partial charge is 0.269 e. The van der Waals surface area contributed by atoms with Crippen LogP contribution in [0, 0.1) is 5.82 Å². The average Bonchev–Trinajstić information content (AvgIpc) is 3.09. The lowest BCUT2D eigenvalue weighted by Crippen LogP contribution is -2.38. The highest BCUT2D eigenvalue weighted by molar-refractivity contribution is 7.07. The number of thiazole rings is 1. The van der Waals surface area contributed by atoms with Gasteiger partial charge in [0.1, 0.15) is 22.8 Å². The van der Waals surface area contributed by atoms with Crippen molar-refractivity contribution in [3.8, 4) is 5.75 Å². The molecule has 1 aromatic heterocycles. The fourth-order valence-electron chi connectivity index (χ4n) is 2.99. The van der Waals surface area contributed by atoms with E-state index in [4.69, 9.17) is 16.3 Å². The molecule has 0 saturated carbocycles. The summed E-state index contributed by atoms with van der Waals surface area (Å²) in [4.78, 5) is 38.2. The van der Waals surface area contributed by atoms with E-state index in [1.54, 1.807) is 24.3 Å². The number of aromatic nitrogens is 1. The van der Waals surface area contributed by atoms with E-state index in [-0.39, 0.29) is 38.0 Å². The van der Waals surface area contributed by atoms with E-state index >= 15 is 0 Å². The van der Waals surface area contributed by atoms with Crippen LogP contribution in [0.2, 0.25) is 5.02 Å². The summed E-state index contributed by atoms with van der Waals surface area (Å²) >= 11 is 7.08. The number of Topliss-reactive ketones (excluding diaryl/α,β-unsaturated/α-hetero) is 1. The molecular formula is C24H22ClFN2O4S. The fourth-order valence-corrected chi connectivity index (χ4v) is 4.23. The number of ether oxygens (including phenoxy) is 1. The minimum atomic E-state index is -0.581. The van der Waals surface area contributed by atoms with Crippen LogP contribution in [0.5, 0.6) is 5.75 Å². The highest BCUT2D eigenvalue weighted by Gasteiger charge is 2.13. The van der Waals surface area contributed by atoms with Gasteiger partial charge in [-0.25, -0.2) is 4.39 Å². The molecule has 33 heavy (non-hydrogen) atoms. The van der Waals surface area contributed by atoms with Crippen LogP contribution in [0.1, 0.15) is 29.3 Å². The van der Waals surface area contributed by atoms with Gasteiger partial charge in [-0.05, 0) is 48.9 Å². The molecular weight excluding hydrogens is 467 g/mol. The molecule has 0 aliphatic carbocycles. The van der Waals surface area contributed by atoms with Gasteiger partial charge in [0.15, 0.2) is 5.78 Å². The van der Waals surface area contributed by atoms with Gasteiger partial charge in [-0.1, -0.05) is 24.6 Å². The van der Waals surface area contributed by atoms with Crippen LogP contribution in [0.15, 0.2) is 47.3 Å². The van der Waals surface area contributed by atoms with E-state index < -0.39 is 11.4 Å².